The highest BCUT2D eigenvalue weighted by Gasteiger charge is 2.19. The summed E-state index contributed by atoms with van der Waals surface area (Å²) >= 11 is 0. The topological polar surface area (TPSA) is 35.6 Å². The van der Waals surface area contributed by atoms with Gasteiger partial charge in [-0.25, -0.2) is 4.84 Å². The molecule has 5 heteroatoms. The highest BCUT2D eigenvalue weighted by molar-refractivity contribution is 5.50. The number of hydrogen-bond donors (Lipinski definition) is 1. The zero-order valence-corrected chi connectivity index (χ0v) is 13.7. The van der Waals surface area contributed by atoms with E-state index < -0.39 is 0 Å². The van der Waals surface area contributed by atoms with Crippen LogP contribution in [0.5, 0.6) is 0 Å². The molecule has 0 amide bonds. The van der Waals surface area contributed by atoms with Gasteiger partial charge in [-0.1, -0.05) is 0 Å². The lowest BCUT2D eigenvalue weighted by Crippen LogP contribution is -2.75. The van der Waals surface area contributed by atoms with E-state index in [1.165, 1.54) is 57.8 Å². The van der Waals surface area contributed by atoms with Crippen LogP contribution in [0.1, 0.15) is 12.8 Å². The average molecular weight is 305 g/mol. The van der Waals surface area contributed by atoms with Crippen molar-refractivity contribution in [1.29, 1.82) is 0 Å². The Morgan fingerprint density at radius 2 is 1.45 bits per heavy atom. The second kappa shape index (κ2) is 7.92. The van der Waals surface area contributed by atoms with Crippen LogP contribution < -0.4 is 10.4 Å². The van der Waals surface area contributed by atoms with Gasteiger partial charge in [-0.3, -0.25) is 4.90 Å². The molecule has 2 aliphatic rings. The Morgan fingerprint density at radius 3 is 2.05 bits per heavy atom. The van der Waals surface area contributed by atoms with Gasteiger partial charge < -0.3 is 9.80 Å². The second-order valence-corrected chi connectivity index (χ2v) is 6.32. The molecule has 2 heterocycles. The molecule has 2 fully saturated rings. The lowest BCUT2D eigenvalue weighted by Gasteiger charge is -2.36. The monoisotopic (exact) mass is 305 g/mol. The van der Waals surface area contributed by atoms with Gasteiger partial charge in [0.25, 0.3) is 0 Å². The first-order valence-electron chi connectivity index (χ1n) is 8.51. The number of hydrogen-bond acceptors (Lipinski definition) is 4. The lowest BCUT2D eigenvalue weighted by atomic mass is 10.2. The molecule has 2 aliphatic heterocycles. The summed E-state index contributed by atoms with van der Waals surface area (Å²) in [5, 5.41) is 0. The zero-order chi connectivity index (χ0) is 15.2. The fourth-order valence-electron chi connectivity index (χ4n) is 3.42. The van der Waals surface area contributed by atoms with E-state index in [2.05, 4.69) is 39.0 Å². The second-order valence-electron chi connectivity index (χ2n) is 6.32. The van der Waals surface area contributed by atoms with E-state index in [-0.39, 0.29) is 0 Å². The first-order chi connectivity index (χ1) is 10.8. The van der Waals surface area contributed by atoms with Crippen molar-refractivity contribution in [2.24, 2.45) is 0 Å². The summed E-state index contributed by atoms with van der Waals surface area (Å²) in [4.78, 5) is 12.8. The molecule has 0 spiro atoms. The van der Waals surface area contributed by atoms with E-state index >= 15 is 0 Å². The number of quaternary nitrogens is 1. The van der Waals surface area contributed by atoms with Gasteiger partial charge >= 0.3 is 0 Å². The Balaban J connectivity index is 1.42. The summed E-state index contributed by atoms with van der Waals surface area (Å²) in [7, 11) is 1.69. The van der Waals surface area contributed by atoms with E-state index in [1.807, 2.05) is 0 Å². The van der Waals surface area contributed by atoms with E-state index in [4.69, 9.17) is 4.84 Å². The van der Waals surface area contributed by atoms with Gasteiger partial charge in [0, 0.05) is 57.1 Å². The minimum Gasteiger partial charge on any atom is -0.369 e. The van der Waals surface area contributed by atoms with Gasteiger partial charge in [-0.05, 0) is 38.1 Å². The minimum atomic E-state index is 1.12. The van der Waals surface area contributed by atoms with Crippen LogP contribution in [0.25, 0.3) is 0 Å². The summed E-state index contributed by atoms with van der Waals surface area (Å²) in [6.45, 7) is 9.73. The van der Waals surface area contributed by atoms with Crippen molar-refractivity contribution in [2.75, 3.05) is 64.4 Å². The lowest BCUT2D eigenvalue weighted by molar-refractivity contribution is -0.830. The van der Waals surface area contributed by atoms with E-state index in [1.54, 1.807) is 12.6 Å². The van der Waals surface area contributed by atoms with Crippen LogP contribution >= 0.6 is 0 Å². The number of likely N-dealkylation sites (tertiary alicyclic amines) is 1. The van der Waals surface area contributed by atoms with Gasteiger partial charge in [0.1, 0.15) is 0 Å². The first kappa shape index (κ1) is 15.7. The van der Waals surface area contributed by atoms with Crippen LogP contribution in [0, 0.1) is 0 Å². The predicted octanol–water partition coefficient (Wildman–Crippen LogP) is 0.661. The molecule has 0 saturated carbocycles. The third-order valence-electron chi connectivity index (χ3n) is 4.82. The van der Waals surface area contributed by atoms with E-state index in [0.717, 1.165) is 18.8 Å². The van der Waals surface area contributed by atoms with E-state index in [0.29, 0.717) is 0 Å². The number of piperazine rings is 1. The van der Waals surface area contributed by atoms with Crippen LogP contribution in [-0.2, 0) is 4.84 Å². The fraction of sp³-hybridized carbons (Fsp3) is 0.647. The first-order valence-corrected chi connectivity index (χ1v) is 8.51. The molecule has 1 aromatic rings. The number of rotatable bonds is 6. The molecule has 22 heavy (non-hydrogen) atoms. The summed E-state index contributed by atoms with van der Waals surface area (Å²) < 4.78 is 0. The van der Waals surface area contributed by atoms with Crippen molar-refractivity contribution in [2.45, 2.75) is 12.8 Å². The predicted molar refractivity (Wildman–Crippen MR) is 89.4 cm³/mol. The molecular formula is C17H29N4O+. The third-order valence-corrected chi connectivity index (χ3v) is 4.82. The van der Waals surface area contributed by atoms with Crippen LogP contribution in [0.2, 0.25) is 0 Å². The zero-order valence-electron chi connectivity index (χ0n) is 13.7. The molecule has 0 atom stereocenters. The number of anilines is 1. The quantitative estimate of drug-likeness (QED) is 0.619. The molecule has 0 unspecified atom stereocenters. The van der Waals surface area contributed by atoms with Gasteiger partial charge in [0.05, 0.1) is 7.11 Å². The van der Waals surface area contributed by atoms with Crippen molar-refractivity contribution in [1.82, 2.24) is 9.80 Å². The standard InChI is InChI=1S/C17H28N4O/c1-22-18-16-4-6-17(7-5-16)21-14-12-20(13-15-21)11-10-19-8-2-3-9-19/h4-7,18H,2-3,8-15H2,1H3/p+1. The molecule has 2 N–H and O–H groups in total. The normalized spacial score (nSPS) is 20.7. The highest BCUT2D eigenvalue weighted by atomic mass is 16.6. The maximum Gasteiger partial charge on any atom is 0.162 e. The molecule has 0 aromatic heterocycles. The third kappa shape index (κ3) is 4.20. The largest absolute Gasteiger partial charge is 0.369 e. The molecule has 2 saturated heterocycles. The van der Waals surface area contributed by atoms with Crippen molar-refractivity contribution < 1.29 is 10.3 Å². The molecule has 0 radical (unpaired) electrons. The van der Waals surface area contributed by atoms with Gasteiger partial charge in [0.15, 0.2) is 5.69 Å². The van der Waals surface area contributed by atoms with Crippen LogP contribution in [-0.4, -0.2) is 69.3 Å². The van der Waals surface area contributed by atoms with Crippen molar-refractivity contribution in [3.8, 4) is 0 Å². The molecule has 0 bridgehead atoms. The minimum absolute atomic E-state index is 1.12. The maximum atomic E-state index is 5.05. The van der Waals surface area contributed by atoms with Gasteiger partial charge in [0.2, 0.25) is 0 Å². The van der Waals surface area contributed by atoms with Crippen LogP contribution in [0.4, 0.5) is 11.4 Å². The number of benzene rings is 1. The molecule has 3 rings (SSSR count). The molecule has 122 valence electrons. The Bertz CT molecular complexity index is 436. The highest BCUT2D eigenvalue weighted by Crippen LogP contribution is 2.18. The SMILES string of the molecule is CO[NH2+]c1ccc(N2CCN(CCN3CCCC3)CC2)cc1. The molecule has 5 nitrogen and oxygen atoms in total. The van der Waals surface area contributed by atoms with E-state index in [9.17, 15) is 0 Å². The average Bonchev–Trinajstić information content (AvgIpc) is 3.08. The van der Waals surface area contributed by atoms with Gasteiger partial charge in [-0.15, -0.1) is 0 Å². The fourth-order valence-corrected chi connectivity index (χ4v) is 3.42. The van der Waals surface area contributed by atoms with Crippen LogP contribution in [0.3, 0.4) is 0 Å². The van der Waals surface area contributed by atoms with Crippen molar-refractivity contribution >= 4 is 11.4 Å². The van der Waals surface area contributed by atoms with Crippen molar-refractivity contribution in [3.63, 3.8) is 0 Å². The molecule has 1 aromatic carbocycles. The molecular weight excluding hydrogens is 276 g/mol. The summed E-state index contributed by atoms with van der Waals surface area (Å²) in [6, 6.07) is 8.65. The summed E-state index contributed by atoms with van der Waals surface area (Å²) in [6.07, 6.45) is 2.79. The smallest absolute Gasteiger partial charge is 0.162 e. The summed E-state index contributed by atoms with van der Waals surface area (Å²) in [5.41, 5.74) is 4.23. The van der Waals surface area contributed by atoms with Crippen LogP contribution in [0.15, 0.2) is 24.3 Å². The number of nitrogens with zero attached hydrogens (tertiary/aromatic N) is 3. The Labute approximate surface area is 133 Å². The Morgan fingerprint density at radius 1 is 0.864 bits per heavy atom. The van der Waals surface area contributed by atoms with Gasteiger partial charge in [-0.2, -0.15) is 5.48 Å². The summed E-state index contributed by atoms with van der Waals surface area (Å²) in [5.74, 6) is 0. The molecule has 0 aliphatic carbocycles. The number of nitrogens with two attached hydrogens (primary N) is 1. The Hall–Kier alpha value is -1.14. The van der Waals surface area contributed by atoms with Crippen molar-refractivity contribution in [3.05, 3.63) is 24.3 Å². The Kier molecular flexibility index (Phi) is 5.67. The maximum absolute atomic E-state index is 5.05.